The minimum atomic E-state index is -0.217. The lowest BCUT2D eigenvalue weighted by molar-refractivity contribution is 0.660. The van der Waals surface area contributed by atoms with Crippen LogP contribution < -0.4 is 4.90 Å². The third-order valence-electron chi connectivity index (χ3n) is 12.3. The number of anilines is 3. The fraction of sp³-hybridized carbons (Fsp3) is 0.111. The van der Waals surface area contributed by atoms with E-state index in [1.165, 1.54) is 83.6 Å². The first-order valence-corrected chi connectivity index (χ1v) is 19.5. The lowest BCUT2D eigenvalue weighted by Gasteiger charge is -2.34. The molecular weight excluding hydrogens is 663 g/mol. The Labute approximate surface area is 325 Å². The van der Waals surface area contributed by atoms with Crippen LogP contribution >= 0.6 is 0 Å². The quantitative estimate of drug-likeness (QED) is 0.166. The molecule has 0 spiro atoms. The Morgan fingerprint density at radius 1 is 0.327 bits per heavy atom. The molecule has 0 saturated carbocycles. The average molecular weight is 706 g/mol. The lowest BCUT2D eigenvalue weighted by atomic mass is 9.80. The summed E-state index contributed by atoms with van der Waals surface area (Å²) in [5, 5.41) is 0. The van der Waals surface area contributed by atoms with E-state index in [2.05, 4.69) is 221 Å². The summed E-state index contributed by atoms with van der Waals surface area (Å²) in [4.78, 5) is 2.57. The van der Waals surface area contributed by atoms with Crippen molar-refractivity contribution in [2.24, 2.45) is 0 Å². The van der Waals surface area contributed by atoms with Crippen molar-refractivity contribution in [1.82, 2.24) is 0 Å². The fourth-order valence-electron chi connectivity index (χ4n) is 9.70. The summed E-state index contributed by atoms with van der Waals surface area (Å²) in [6, 6.07) is 69.6. The van der Waals surface area contributed by atoms with E-state index in [9.17, 15) is 0 Å². The first kappa shape index (κ1) is 33.2. The molecule has 0 atom stereocenters. The van der Waals surface area contributed by atoms with E-state index >= 15 is 0 Å². The maximum atomic E-state index is 2.57. The monoisotopic (exact) mass is 705 g/mol. The van der Waals surface area contributed by atoms with Crippen LogP contribution in [-0.2, 0) is 10.8 Å². The van der Waals surface area contributed by atoms with Gasteiger partial charge in [0, 0.05) is 22.1 Å². The second-order valence-corrected chi connectivity index (χ2v) is 16.1. The van der Waals surface area contributed by atoms with Crippen LogP contribution in [-0.4, -0.2) is 0 Å². The highest BCUT2D eigenvalue weighted by atomic mass is 15.1. The van der Waals surface area contributed by atoms with Crippen LogP contribution in [0.5, 0.6) is 0 Å². The number of nitrogens with zero attached hydrogens (tertiary/aromatic N) is 1. The van der Waals surface area contributed by atoms with E-state index < -0.39 is 0 Å². The molecule has 55 heavy (non-hydrogen) atoms. The third kappa shape index (κ3) is 5.07. The summed E-state index contributed by atoms with van der Waals surface area (Å²) in [7, 11) is 0. The molecule has 1 heteroatoms. The van der Waals surface area contributed by atoms with Gasteiger partial charge < -0.3 is 4.90 Å². The van der Waals surface area contributed by atoms with E-state index in [4.69, 9.17) is 0 Å². The number of benzene rings is 8. The molecule has 0 fully saturated rings. The summed E-state index contributed by atoms with van der Waals surface area (Å²) in [5.41, 5.74) is 21.2. The highest BCUT2D eigenvalue weighted by Gasteiger charge is 2.40. The lowest BCUT2D eigenvalue weighted by Crippen LogP contribution is -2.21. The van der Waals surface area contributed by atoms with E-state index in [0.717, 1.165) is 11.4 Å². The summed E-state index contributed by atoms with van der Waals surface area (Å²) in [6.45, 7) is 9.52. The van der Waals surface area contributed by atoms with Crippen molar-refractivity contribution in [2.45, 2.75) is 38.5 Å². The van der Waals surface area contributed by atoms with Crippen LogP contribution in [0, 0.1) is 0 Å². The van der Waals surface area contributed by atoms with E-state index in [1.54, 1.807) is 0 Å². The topological polar surface area (TPSA) is 3.24 Å². The van der Waals surface area contributed by atoms with Crippen LogP contribution in [0.1, 0.15) is 49.9 Å². The molecule has 8 aromatic rings. The predicted octanol–water partition coefficient (Wildman–Crippen LogP) is 14.8. The van der Waals surface area contributed by atoms with Gasteiger partial charge in [0.25, 0.3) is 0 Å². The van der Waals surface area contributed by atoms with Gasteiger partial charge in [0.05, 0.1) is 11.4 Å². The molecule has 0 N–H and O–H groups in total. The molecule has 264 valence electrons. The van der Waals surface area contributed by atoms with Crippen molar-refractivity contribution < 1.29 is 0 Å². The molecule has 0 aliphatic heterocycles. The standard InChI is InChI=1S/C54H43N/c1-53(2)46-29-15-14-25-42(46)45-35-38(33-34-48(45)53)55(50-32-18-28-44-41-24-13-16-30-47(41)54(3,4)52(44)50)49-31-17-27-40(37-21-9-6-10-22-37)51(49)43-26-12-11-23-39(43)36-19-7-5-8-20-36/h5-35H,1-4H3. The minimum absolute atomic E-state index is 0.0834. The van der Waals surface area contributed by atoms with Gasteiger partial charge >= 0.3 is 0 Å². The zero-order chi connectivity index (χ0) is 37.3. The molecule has 0 unspecified atom stereocenters. The van der Waals surface area contributed by atoms with Crippen LogP contribution in [0.4, 0.5) is 17.1 Å². The molecule has 10 rings (SSSR count). The molecule has 0 saturated heterocycles. The van der Waals surface area contributed by atoms with Crippen molar-refractivity contribution in [3.63, 3.8) is 0 Å². The second-order valence-electron chi connectivity index (χ2n) is 16.1. The first-order valence-electron chi connectivity index (χ1n) is 19.5. The SMILES string of the molecule is CC1(C)c2ccccc2-c2cc(N(c3cccc(-c4ccccc4)c3-c3ccccc3-c3ccccc3)c3cccc4c3C(C)(C)c3ccccc3-4)ccc21. The van der Waals surface area contributed by atoms with Crippen molar-refractivity contribution >= 4 is 17.1 Å². The summed E-state index contributed by atoms with van der Waals surface area (Å²) in [5.74, 6) is 0. The summed E-state index contributed by atoms with van der Waals surface area (Å²) >= 11 is 0. The largest absolute Gasteiger partial charge is 0.309 e. The normalized spacial score (nSPS) is 14.1. The summed E-state index contributed by atoms with van der Waals surface area (Å²) in [6.07, 6.45) is 0. The van der Waals surface area contributed by atoms with E-state index in [0.29, 0.717) is 0 Å². The predicted molar refractivity (Wildman–Crippen MR) is 233 cm³/mol. The zero-order valence-corrected chi connectivity index (χ0v) is 31.8. The molecule has 8 aromatic carbocycles. The van der Waals surface area contributed by atoms with Gasteiger partial charge in [0.2, 0.25) is 0 Å². The van der Waals surface area contributed by atoms with Crippen molar-refractivity contribution in [1.29, 1.82) is 0 Å². The van der Waals surface area contributed by atoms with Gasteiger partial charge in [0.1, 0.15) is 0 Å². The van der Waals surface area contributed by atoms with Crippen LogP contribution in [0.2, 0.25) is 0 Å². The third-order valence-corrected chi connectivity index (χ3v) is 12.3. The fourth-order valence-corrected chi connectivity index (χ4v) is 9.70. The number of fused-ring (bicyclic) bond motifs is 6. The molecule has 0 radical (unpaired) electrons. The Bertz CT molecular complexity index is 2750. The Kier molecular flexibility index (Phi) is 7.58. The molecule has 0 heterocycles. The van der Waals surface area contributed by atoms with Crippen molar-refractivity contribution in [3.05, 3.63) is 210 Å². The van der Waals surface area contributed by atoms with Crippen LogP contribution in [0.15, 0.2) is 188 Å². The molecule has 1 nitrogen and oxygen atoms in total. The first-order chi connectivity index (χ1) is 26.8. The highest BCUT2D eigenvalue weighted by Crippen LogP contribution is 2.57. The van der Waals surface area contributed by atoms with Crippen LogP contribution in [0.25, 0.3) is 55.6 Å². The Balaban J connectivity index is 1.32. The zero-order valence-electron chi connectivity index (χ0n) is 31.8. The maximum absolute atomic E-state index is 2.57. The number of rotatable bonds is 6. The molecule has 0 amide bonds. The second kappa shape index (κ2) is 12.6. The van der Waals surface area contributed by atoms with Gasteiger partial charge in [-0.2, -0.15) is 0 Å². The van der Waals surface area contributed by atoms with Crippen molar-refractivity contribution in [2.75, 3.05) is 4.90 Å². The van der Waals surface area contributed by atoms with E-state index in [1.807, 2.05) is 0 Å². The summed E-state index contributed by atoms with van der Waals surface area (Å²) < 4.78 is 0. The minimum Gasteiger partial charge on any atom is -0.309 e. The average Bonchev–Trinajstić information content (AvgIpc) is 3.61. The van der Waals surface area contributed by atoms with Crippen LogP contribution in [0.3, 0.4) is 0 Å². The Hall–Kier alpha value is -6.44. The van der Waals surface area contributed by atoms with Crippen molar-refractivity contribution in [3.8, 4) is 55.6 Å². The molecule has 2 aliphatic rings. The highest BCUT2D eigenvalue weighted by molar-refractivity contribution is 6.03. The Morgan fingerprint density at radius 3 is 1.47 bits per heavy atom. The molecule has 0 bridgehead atoms. The van der Waals surface area contributed by atoms with Gasteiger partial charge in [-0.3, -0.25) is 0 Å². The van der Waals surface area contributed by atoms with E-state index in [-0.39, 0.29) is 10.8 Å². The molecular formula is C54H43N. The van der Waals surface area contributed by atoms with Gasteiger partial charge in [-0.25, -0.2) is 0 Å². The van der Waals surface area contributed by atoms with Gasteiger partial charge in [-0.1, -0.05) is 191 Å². The maximum Gasteiger partial charge on any atom is 0.0546 e. The number of hydrogen-bond donors (Lipinski definition) is 0. The van der Waals surface area contributed by atoms with Gasteiger partial charge in [-0.15, -0.1) is 0 Å². The van der Waals surface area contributed by atoms with Gasteiger partial charge in [-0.05, 0) is 96.6 Å². The number of hydrogen-bond acceptors (Lipinski definition) is 1. The smallest absolute Gasteiger partial charge is 0.0546 e. The Morgan fingerprint density at radius 2 is 0.800 bits per heavy atom. The molecule has 2 aliphatic carbocycles. The molecule has 0 aromatic heterocycles. The van der Waals surface area contributed by atoms with Gasteiger partial charge in [0.15, 0.2) is 0 Å².